The van der Waals surface area contributed by atoms with Gasteiger partial charge >= 0.3 is 0 Å². The fourth-order valence-electron chi connectivity index (χ4n) is 3.47. The minimum atomic E-state index is -0.0568. The maximum Gasteiger partial charge on any atom is 0.230 e. The quantitative estimate of drug-likeness (QED) is 0.412. The molecule has 0 unspecified atom stereocenters. The molecule has 4 rings (SSSR count). The Morgan fingerprint density at radius 3 is 2.56 bits per heavy atom. The second-order valence-electron chi connectivity index (χ2n) is 7.61. The molecular formula is C25H25N5OS. The van der Waals surface area contributed by atoms with Gasteiger partial charge in [-0.3, -0.25) is 14.3 Å². The number of hydrogen-bond donors (Lipinski definition) is 1. The van der Waals surface area contributed by atoms with E-state index in [0.29, 0.717) is 18.1 Å². The van der Waals surface area contributed by atoms with Crippen molar-refractivity contribution >= 4 is 17.7 Å². The maximum absolute atomic E-state index is 12.4. The lowest BCUT2D eigenvalue weighted by atomic mass is 10.1. The van der Waals surface area contributed by atoms with Crippen molar-refractivity contribution in [3.63, 3.8) is 0 Å². The number of benzene rings is 2. The van der Waals surface area contributed by atoms with Crippen LogP contribution in [-0.2, 0) is 17.8 Å². The predicted octanol–water partition coefficient (Wildman–Crippen LogP) is 4.28. The Morgan fingerprint density at radius 1 is 1.00 bits per heavy atom. The summed E-state index contributed by atoms with van der Waals surface area (Å²) in [6, 6.07) is 20.3. The average molecular weight is 444 g/mol. The highest BCUT2D eigenvalue weighted by molar-refractivity contribution is 7.99. The Morgan fingerprint density at radius 2 is 1.81 bits per heavy atom. The van der Waals surface area contributed by atoms with Crippen molar-refractivity contribution in [2.45, 2.75) is 32.0 Å². The van der Waals surface area contributed by atoms with Crippen LogP contribution >= 0.6 is 11.8 Å². The molecule has 162 valence electrons. The first-order valence-electron chi connectivity index (χ1n) is 10.4. The number of aromatic nitrogens is 4. The largest absolute Gasteiger partial charge is 0.351 e. The van der Waals surface area contributed by atoms with E-state index in [-0.39, 0.29) is 11.7 Å². The molecule has 1 N–H and O–H groups in total. The van der Waals surface area contributed by atoms with Crippen LogP contribution in [0.4, 0.5) is 0 Å². The van der Waals surface area contributed by atoms with E-state index in [1.54, 1.807) is 12.4 Å². The molecular weight excluding hydrogens is 418 g/mol. The van der Waals surface area contributed by atoms with Gasteiger partial charge in [-0.15, -0.1) is 10.2 Å². The van der Waals surface area contributed by atoms with Crippen molar-refractivity contribution in [1.82, 2.24) is 25.1 Å². The molecule has 6 nitrogen and oxygen atoms in total. The second kappa shape index (κ2) is 10.2. The van der Waals surface area contributed by atoms with Crippen molar-refractivity contribution < 1.29 is 4.79 Å². The van der Waals surface area contributed by atoms with Crippen LogP contribution < -0.4 is 5.32 Å². The van der Waals surface area contributed by atoms with Gasteiger partial charge in [0, 0.05) is 25.4 Å². The molecule has 32 heavy (non-hydrogen) atoms. The summed E-state index contributed by atoms with van der Waals surface area (Å²) in [5, 5.41) is 12.5. The molecule has 2 aromatic heterocycles. The lowest BCUT2D eigenvalue weighted by Gasteiger charge is -2.13. The van der Waals surface area contributed by atoms with Gasteiger partial charge in [0.25, 0.3) is 0 Å². The average Bonchev–Trinajstić information content (AvgIpc) is 3.19. The Bertz CT molecular complexity index is 1190. The summed E-state index contributed by atoms with van der Waals surface area (Å²) in [4.78, 5) is 16.5. The van der Waals surface area contributed by atoms with E-state index >= 15 is 0 Å². The van der Waals surface area contributed by atoms with Gasteiger partial charge in [0.2, 0.25) is 5.91 Å². The van der Waals surface area contributed by atoms with Gasteiger partial charge in [-0.2, -0.15) is 0 Å². The monoisotopic (exact) mass is 443 g/mol. The molecule has 0 aliphatic carbocycles. The maximum atomic E-state index is 12.4. The third-order valence-electron chi connectivity index (χ3n) is 5.04. The van der Waals surface area contributed by atoms with Crippen LogP contribution in [0, 0.1) is 13.8 Å². The summed E-state index contributed by atoms with van der Waals surface area (Å²) in [6.07, 6.45) is 4.13. The number of aryl methyl sites for hydroxylation is 2. The molecule has 0 atom stereocenters. The number of amides is 1. The summed E-state index contributed by atoms with van der Waals surface area (Å²) < 4.78 is 2.07. The molecule has 2 aromatic carbocycles. The molecule has 0 spiro atoms. The summed E-state index contributed by atoms with van der Waals surface area (Å²) in [6.45, 7) is 4.62. The number of nitrogens with one attached hydrogen (secondary N) is 1. The molecule has 2 heterocycles. The topological polar surface area (TPSA) is 72.7 Å². The number of thioether (sulfide) groups is 1. The minimum absolute atomic E-state index is 0.0568. The Balaban J connectivity index is 1.54. The highest BCUT2D eigenvalue weighted by Gasteiger charge is 2.17. The van der Waals surface area contributed by atoms with Gasteiger partial charge in [0.1, 0.15) is 5.82 Å². The van der Waals surface area contributed by atoms with Crippen molar-refractivity contribution in [2.24, 2.45) is 0 Å². The predicted molar refractivity (Wildman–Crippen MR) is 127 cm³/mol. The molecule has 0 fully saturated rings. The molecule has 0 aliphatic rings. The lowest BCUT2D eigenvalue weighted by molar-refractivity contribution is -0.118. The van der Waals surface area contributed by atoms with Crippen LogP contribution in [0.3, 0.4) is 0 Å². The second-order valence-corrected chi connectivity index (χ2v) is 8.56. The number of carbonyl (C=O) groups excluding carboxylic acids is 1. The SMILES string of the molecule is Cc1ccc(-n2c(Cc3ccccc3)nnc2SCC(=O)NCc2cccnc2)c(C)c1. The summed E-state index contributed by atoms with van der Waals surface area (Å²) in [5.74, 6) is 1.05. The van der Waals surface area contributed by atoms with Crippen molar-refractivity contribution in [3.05, 3.63) is 101 Å². The van der Waals surface area contributed by atoms with Crippen LogP contribution in [0.1, 0.15) is 28.1 Å². The van der Waals surface area contributed by atoms with E-state index in [1.807, 2.05) is 30.3 Å². The normalized spacial score (nSPS) is 10.8. The molecule has 0 radical (unpaired) electrons. The number of hydrogen-bond acceptors (Lipinski definition) is 5. The smallest absolute Gasteiger partial charge is 0.230 e. The molecule has 4 aromatic rings. The number of pyridine rings is 1. The molecule has 0 aliphatic heterocycles. The summed E-state index contributed by atoms with van der Waals surface area (Å²) in [7, 11) is 0. The summed E-state index contributed by atoms with van der Waals surface area (Å²) in [5.41, 5.74) is 5.51. The fourth-order valence-corrected chi connectivity index (χ4v) is 4.26. The third-order valence-corrected chi connectivity index (χ3v) is 5.97. The first kappa shape index (κ1) is 21.8. The fraction of sp³-hybridized carbons (Fsp3) is 0.200. The van der Waals surface area contributed by atoms with Crippen LogP contribution in [0.15, 0.2) is 78.2 Å². The molecule has 7 heteroatoms. The van der Waals surface area contributed by atoms with E-state index in [0.717, 1.165) is 28.2 Å². The first-order chi connectivity index (χ1) is 15.6. The van der Waals surface area contributed by atoms with Crippen LogP contribution in [0.5, 0.6) is 0 Å². The lowest BCUT2D eigenvalue weighted by Crippen LogP contribution is -2.24. The van der Waals surface area contributed by atoms with Gasteiger partial charge in [-0.05, 0) is 42.7 Å². The number of carbonyl (C=O) groups is 1. The van der Waals surface area contributed by atoms with Crippen LogP contribution in [-0.4, -0.2) is 31.4 Å². The van der Waals surface area contributed by atoms with Gasteiger partial charge in [0.05, 0.1) is 11.4 Å². The van der Waals surface area contributed by atoms with E-state index in [1.165, 1.54) is 17.3 Å². The molecule has 0 saturated carbocycles. The zero-order chi connectivity index (χ0) is 22.3. The van der Waals surface area contributed by atoms with Crippen molar-refractivity contribution in [2.75, 3.05) is 5.75 Å². The molecule has 0 bridgehead atoms. The van der Waals surface area contributed by atoms with Crippen LogP contribution in [0.2, 0.25) is 0 Å². The van der Waals surface area contributed by atoms with E-state index in [9.17, 15) is 4.79 Å². The van der Waals surface area contributed by atoms with E-state index in [2.05, 4.69) is 69.2 Å². The number of rotatable bonds is 8. The minimum Gasteiger partial charge on any atom is -0.351 e. The van der Waals surface area contributed by atoms with Crippen LogP contribution in [0.25, 0.3) is 5.69 Å². The highest BCUT2D eigenvalue weighted by Crippen LogP contribution is 2.26. The standard InChI is InChI=1S/C25H25N5OS/c1-18-10-11-22(19(2)13-18)30-23(14-20-7-4-3-5-8-20)28-29-25(30)32-17-24(31)27-16-21-9-6-12-26-15-21/h3-13,15H,14,16-17H2,1-2H3,(H,27,31). The molecule has 1 amide bonds. The van der Waals surface area contributed by atoms with Gasteiger partial charge in [-0.25, -0.2) is 0 Å². The molecule has 0 saturated heterocycles. The first-order valence-corrected chi connectivity index (χ1v) is 11.4. The van der Waals surface area contributed by atoms with E-state index in [4.69, 9.17) is 0 Å². The third kappa shape index (κ3) is 5.42. The highest BCUT2D eigenvalue weighted by atomic mass is 32.2. The van der Waals surface area contributed by atoms with Crippen molar-refractivity contribution in [1.29, 1.82) is 0 Å². The zero-order valence-electron chi connectivity index (χ0n) is 18.2. The van der Waals surface area contributed by atoms with Gasteiger partial charge in [-0.1, -0.05) is 65.9 Å². The Labute approximate surface area is 192 Å². The summed E-state index contributed by atoms with van der Waals surface area (Å²) >= 11 is 1.39. The zero-order valence-corrected chi connectivity index (χ0v) is 19.0. The van der Waals surface area contributed by atoms with Gasteiger partial charge < -0.3 is 5.32 Å². The number of nitrogens with zero attached hydrogens (tertiary/aromatic N) is 4. The Hall–Kier alpha value is -3.45. The van der Waals surface area contributed by atoms with E-state index < -0.39 is 0 Å². The van der Waals surface area contributed by atoms with Gasteiger partial charge in [0.15, 0.2) is 5.16 Å². The Kier molecular flexibility index (Phi) is 6.97. The van der Waals surface area contributed by atoms with Crippen molar-refractivity contribution in [3.8, 4) is 5.69 Å².